The predicted molar refractivity (Wildman–Crippen MR) is 138 cm³/mol. The minimum atomic E-state index is -1.36. The van der Waals surface area contributed by atoms with E-state index in [1.807, 2.05) is 0 Å². The van der Waals surface area contributed by atoms with E-state index in [2.05, 4.69) is 10.4 Å². The molecule has 0 unspecified atom stereocenters. The van der Waals surface area contributed by atoms with Crippen LogP contribution in [0, 0.1) is 11.6 Å². The number of hydrogen-bond acceptors (Lipinski definition) is 4. The molecule has 8 nitrogen and oxygen atoms in total. The molecule has 0 aliphatic heterocycles. The van der Waals surface area contributed by atoms with Gasteiger partial charge in [0, 0.05) is 39.5 Å². The first kappa shape index (κ1) is 27.5. The monoisotopic (exact) mass is 555 g/mol. The third-order valence-electron chi connectivity index (χ3n) is 5.90. The molecule has 0 bridgehead atoms. The maximum atomic E-state index is 15.5. The summed E-state index contributed by atoms with van der Waals surface area (Å²) >= 11 is 7.22. The van der Waals surface area contributed by atoms with Gasteiger partial charge in [-0.2, -0.15) is 5.10 Å². The van der Waals surface area contributed by atoms with Crippen molar-refractivity contribution in [3.8, 4) is 5.69 Å². The van der Waals surface area contributed by atoms with E-state index in [-0.39, 0.29) is 57.5 Å². The normalized spacial score (nSPS) is 12.9. The number of carboxylic acids is 1. The molecular formula is C24H21ClF2N5NaO3S. The Labute approximate surface area is 241 Å². The van der Waals surface area contributed by atoms with E-state index < -0.39 is 29.2 Å². The van der Waals surface area contributed by atoms with E-state index >= 15 is 8.78 Å². The van der Waals surface area contributed by atoms with Gasteiger partial charge in [-0.15, -0.1) is 0 Å². The summed E-state index contributed by atoms with van der Waals surface area (Å²) in [7, 11) is 0. The van der Waals surface area contributed by atoms with Gasteiger partial charge in [-0.25, -0.2) is 18.4 Å². The van der Waals surface area contributed by atoms with E-state index in [4.69, 9.17) is 17.3 Å². The summed E-state index contributed by atoms with van der Waals surface area (Å²) in [5.74, 6) is -2.73. The zero-order chi connectivity index (χ0) is 25.6. The topological polar surface area (TPSA) is 115 Å². The van der Waals surface area contributed by atoms with E-state index in [0.29, 0.717) is 22.5 Å². The Morgan fingerprint density at radius 2 is 1.97 bits per heavy atom. The number of carbonyl (C=O) groups excluding carboxylic acids is 1. The quantitative estimate of drug-likeness (QED) is 0.277. The van der Waals surface area contributed by atoms with Crippen molar-refractivity contribution in [1.82, 2.24) is 19.7 Å². The van der Waals surface area contributed by atoms with Crippen LogP contribution in [0.4, 0.5) is 13.6 Å². The Kier molecular flexibility index (Phi) is 8.20. The van der Waals surface area contributed by atoms with Gasteiger partial charge in [0.25, 0.3) is 0 Å². The van der Waals surface area contributed by atoms with Gasteiger partial charge in [-0.3, -0.25) is 4.68 Å². The Hall–Kier alpha value is -2.57. The van der Waals surface area contributed by atoms with Crippen LogP contribution in [0.5, 0.6) is 0 Å². The molecule has 188 valence electrons. The van der Waals surface area contributed by atoms with Crippen LogP contribution in [0.15, 0.2) is 52.5 Å². The number of hydrogen-bond donors (Lipinski definition) is 3. The number of carboxylic acid groups (broad SMARTS) is 1. The van der Waals surface area contributed by atoms with Gasteiger partial charge in [0.15, 0.2) is 11.6 Å². The molecule has 37 heavy (non-hydrogen) atoms. The Bertz CT molecular complexity index is 1520. The number of fused-ring (bicyclic) bond motifs is 1. The Morgan fingerprint density at radius 1 is 1.22 bits per heavy atom. The molecule has 2 amide bonds. The van der Waals surface area contributed by atoms with Crippen LogP contribution in [0.2, 0.25) is 5.02 Å². The molecule has 0 atom stereocenters. The van der Waals surface area contributed by atoms with Crippen molar-refractivity contribution in [3.05, 3.63) is 70.6 Å². The molecule has 0 spiro atoms. The van der Waals surface area contributed by atoms with E-state index in [0.717, 1.165) is 30.3 Å². The molecule has 2 heterocycles. The number of primary amides is 1. The Morgan fingerprint density at radius 3 is 2.65 bits per heavy atom. The SMILES string of the molecule is NC(=O)NCCn1cc(-n2c(C3CC3)c(Sc3cccc(C(=O)O)c3F)c3ccc(Cl)c(F)c32)cn1.[NaH]. The average molecular weight is 556 g/mol. The number of rotatable bonds is 8. The van der Waals surface area contributed by atoms with Crippen molar-refractivity contribution in [2.45, 2.75) is 35.1 Å². The number of nitrogens with one attached hydrogen (secondary N) is 1. The standard InChI is InChI=1S/C24H20ClF2N5O3S.Na.H/c25-16-7-6-15-21(19(16)27)32(13-10-30-31(11-13)9-8-29-24(28)35)20(12-4-5-12)22(15)36-17-3-1-2-14(18(17)26)23(33)34;;/h1-3,6-7,10-12H,4-5,8-9H2,(H,33,34)(H3,28,29,35);;. The number of benzene rings is 2. The fourth-order valence-electron chi connectivity index (χ4n) is 4.15. The fraction of sp³-hybridized carbons (Fsp3) is 0.208. The molecule has 1 saturated carbocycles. The molecule has 1 aliphatic carbocycles. The second-order valence-electron chi connectivity index (χ2n) is 8.36. The first-order valence-electron chi connectivity index (χ1n) is 11.0. The van der Waals surface area contributed by atoms with Gasteiger partial charge in [-0.05, 0) is 37.1 Å². The summed E-state index contributed by atoms with van der Waals surface area (Å²) in [6.07, 6.45) is 5.03. The molecule has 1 fully saturated rings. The summed E-state index contributed by atoms with van der Waals surface area (Å²) in [5, 5.41) is 16.6. The number of aromatic carboxylic acids is 1. The van der Waals surface area contributed by atoms with Crippen LogP contribution in [0.1, 0.15) is 34.8 Å². The summed E-state index contributed by atoms with van der Waals surface area (Å²) < 4.78 is 33.9. The first-order chi connectivity index (χ1) is 17.3. The summed E-state index contributed by atoms with van der Waals surface area (Å²) in [6, 6.07) is 6.67. The molecule has 4 aromatic rings. The van der Waals surface area contributed by atoms with Crippen LogP contribution in [-0.2, 0) is 6.54 Å². The number of amides is 2. The first-order valence-corrected chi connectivity index (χ1v) is 12.2. The Balaban J connectivity index is 0.00000320. The van der Waals surface area contributed by atoms with E-state index in [1.54, 1.807) is 27.7 Å². The van der Waals surface area contributed by atoms with E-state index in [9.17, 15) is 14.7 Å². The van der Waals surface area contributed by atoms with Crippen molar-refractivity contribution >= 4 is 75.8 Å². The van der Waals surface area contributed by atoms with E-state index in [1.165, 1.54) is 24.3 Å². The van der Waals surface area contributed by atoms with Crippen LogP contribution in [0.3, 0.4) is 0 Å². The van der Waals surface area contributed by atoms with Gasteiger partial charge in [-0.1, -0.05) is 29.4 Å². The molecular weight excluding hydrogens is 535 g/mol. The van der Waals surface area contributed by atoms with Gasteiger partial charge in [0.1, 0.15) is 0 Å². The van der Waals surface area contributed by atoms with Crippen molar-refractivity contribution in [2.75, 3.05) is 6.54 Å². The van der Waals surface area contributed by atoms with Crippen molar-refractivity contribution in [2.24, 2.45) is 5.73 Å². The average Bonchev–Trinajstić information content (AvgIpc) is 3.47. The van der Waals surface area contributed by atoms with Crippen LogP contribution in [-0.4, -0.2) is 67.6 Å². The van der Waals surface area contributed by atoms with Gasteiger partial charge in [0.2, 0.25) is 0 Å². The van der Waals surface area contributed by atoms with Crippen LogP contribution >= 0.6 is 23.4 Å². The predicted octanol–water partition coefficient (Wildman–Crippen LogP) is 4.51. The molecule has 0 radical (unpaired) electrons. The van der Waals surface area contributed by atoms with Gasteiger partial charge >= 0.3 is 41.6 Å². The molecule has 1 aliphatic rings. The number of aromatic nitrogens is 3. The van der Waals surface area contributed by atoms with Crippen LogP contribution in [0.25, 0.3) is 16.6 Å². The van der Waals surface area contributed by atoms with Gasteiger partial charge < -0.3 is 20.7 Å². The zero-order valence-corrected chi connectivity index (χ0v) is 20.2. The minimum absolute atomic E-state index is 0. The fourth-order valence-corrected chi connectivity index (χ4v) is 5.51. The van der Waals surface area contributed by atoms with Crippen molar-refractivity contribution in [1.29, 1.82) is 0 Å². The number of nitrogens with two attached hydrogens (primary N) is 1. The summed E-state index contributed by atoms with van der Waals surface area (Å²) in [6.45, 7) is 0.609. The third kappa shape index (κ3) is 5.37. The van der Waals surface area contributed by atoms with Crippen LogP contribution < -0.4 is 11.1 Å². The number of carbonyl (C=O) groups is 2. The van der Waals surface area contributed by atoms with Crippen molar-refractivity contribution in [3.63, 3.8) is 0 Å². The number of urea groups is 1. The molecule has 13 heteroatoms. The molecule has 2 aromatic heterocycles. The zero-order valence-electron chi connectivity index (χ0n) is 18.7. The second kappa shape index (κ2) is 11.0. The summed E-state index contributed by atoms with van der Waals surface area (Å²) in [4.78, 5) is 23.2. The molecule has 4 N–H and O–H groups in total. The van der Waals surface area contributed by atoms with Crippen molar-refractivity contribution < 1.29 is 23.5 Å². The number of halogens is 3. The second-order valence-corrected chi connectivity index (χ2v) is 9.82. The maximum absolute atomic E-state index is 15.5. The number of nitrogens with zero attached hydrogens (tertiary/aromatic N) is 3. The molecule has 0 saturated heterocycles. The summed E-state index contributed by atoms with van der Waals surface area (Å²) in [5.41, 5.74) is 6.27. The molecule has 2 aromatic carbocycles. The molecule has 5 rings (SSSR count). The van der Waals surface area contributed by atoms with Gasteiger partial charge in [0.05, 0.1) is 34.5 Å². The third-order valence-corrected chi connectivity index (χ3v) is 7.36.